The number of fused-ring (bicyclic) bond motifs is 3. The Kier molecular flexibility index (Phi) is 5.38. The van der Waals surface area contributed by atoms with Crippen LogP contribution in [0.25, 0.3) is 22.4 Å². The highest BCUT2D eigenvalue weighted by Gasteiger charge is 2.36. The Hall–Kier alpha value is -1.71. The number of hydrogen-bond acceptors (Lipinski definition) is 1. The van der Waals surface area contributed by atoms with Gasteiger partial charge in [-0.2, -0.15) is 0 Å². The molecule has 1 nitrogen and oxygen atoms in total. The molecule has 31 heavy (non-hydrogen) atoms. The molecule has 1 aromatic heterocycles. The molecule has 1 aliphatic rings. The molecule has 0 radical (unpaired) electrons. The van der Waals surface area contributed by atoms with E-state index in [1.165, 1.54) is 39.1 Å². The predicted molar refractivity (Wildman–Crippen MR) is 145 cm³/mol. The highest BCUT2D eigenvalue weighted by Crippen LogP contribution is 2.68. The summed E-state index contributed by atoms with van der Waals surface area (Å²) in [6.07, 6.45) is 14.6. The largest absolute Gasteiger partial charge is 0.251 e. The molecular weight excluding hydrogens is 414 g/mol. The van der Waals surface area contributed by atoms with E-state index < -0.39 is 20.1 Å². The van der Waals surface area contributed by atoms with Crippen molar-refractivity contribution in [2.24, 2.45) is 0 Å². The molecule has 3 heteroatoms. The van der Waals surface area contributed by atoms with Crippen molar-refractivity contribution < 1.29 is 0 Å². The number of rotatable bonds is 4. The normalized spacial score (nSPS) is 16.2. The number of aromatic nitrogens is 1. The third kappa shape index (κ3) is 3.96. The molecule has 0 amide bonds. The van der Waals surface area contributed by atoms with Crippen LogP contribution in [0.1, 0.15) is 40.8 Å². The number of pyridine rings is 1. The first kappa shape index (κ1) is 22.5. The molecular formula is C28H37NS2. The molecule has 0 aliphatic heterocycles. The van der Waals surface area contributed by atoms with Crippen LogP contribution in [-0.4, -0.2) is 42.5 Å². The number of nitrogens with zero attached hydrogens (tertiary/aromatic N) is 1. The average Bonchev–Trinajstić information content (AvgIpc) is 2.86. The average molecular weight is 452 g/mol. The van der Waals surface area contributed by atoms with Gasteiger partial charge in [0, 0.05) is 11.0 Å². The van der Waals surface area contributed by atoms with Crippen LogP contribution in [0, 0.1) is 6.92 Å². The lowest BCUT2D eigenvalue weighted by Gasteiger charge is -2.47. The van der Waals surface area contributed by atoms with E-state index in [-0.39, 0.29) is 5.41 Å². The standard InChI is InChI=1S/C28H37NS2/c1-19-13-15-21-22-16-14-20(18-24(22)28(2,3)23(21)17-19)25-11-10-12-26(29-25)27(30(4,5)6)31(7,8)9/h10-18,27H,1-9H3. The highest BCUT2D eigenvalue weighted by molar-refractivity contribution is 8.47. The van der Waals surface area contributed by atoms with Crippen LogP contribution in [0.3, 0.4) is 0 Å². The summed E-state index contributed by atoms with van der Waals surface area (Å²) in [5.41, 5.74) is 10.5. The fourth-order valence-corrected chi connectivity index (χ4v) is 14.0. The molecule has 0 spiro atoms. The van der Waals surface area contributed by atoms with Gasteiger partial charge in [0.2, 0.25) is 0 Å². The molecule has 0 bridgehead atoms. The second kappa shape index (κ2) is 7.42. The molecule has 0 unspecified atom stereocenters. The Morgan fingerprint density at radius 1 is 0.742 bits per heavy atom. The minimum atomic E-state index is -0.769. The van der Waals surface area contributed by atoms with Crippen LogP contribution in [0.2, 0.25) is 0 Å². The van der Waals surface area contributed by atoms with Crippen LogP contribution < -0.4 is 0 Å². The number of hydrogen-bond donors (Lipinski definition) is 0. The van der Waals surface area contributed by atoms with Crippen molar-refractivity contribution >= 4 is 20.1 Å². The van der Waals surface area contributed by atoms with E-state index in [1.54, 1.807) is 0 Å². The van der Waals surface area contributed by atoms with Crippen molar-refractivity contribution in [3.05, 3.63) is 77.0 Å². The zero-order valence-electron chi connectivity index (χ0n) is 20.5. The maximum absolute atomic E-state index is 5.25. The first-order chi connectivity index (χ1) is 14.3. The van der Waals surface area contributed by atoms with Crippen LogP contribution in [0.4, 0.5) is 0 Å². The summed E-state index contributed by atoms with van der Waals surface area (Å²) in [5, 5.41) is 0. The van der Waals surface area contributed by atoms with Crippen molar-refractivity contribution in [2.45, 2.75) is 30.8 Å². The van der Waals surface area contributed by atoms with E-state index in [0.717, 1.165) is 5.69 Å². The Morgan fingerprint density at radius 3 is 1.94 bits per heavy atom. The van der Waals surface area contributed by atoms with Gasteiger partial charge in [-0.15, -0.1) is 0 Å². The zero-order chi connectivity index (χ0) is 22.8. The van der Waals surface area contributed by atoms with E-state index >= 15 is 0 Å². The summed E-state index contributed by atoms with van der Waals surface area (Å²) >= 11 is 0. The molecule has 0 atom stereocenters. The van der Waals surface area contributed by atoms with E-state index in [4.69, 9.17) is 4.98 Å². The molecule has 1 aliphatic carbocycles. The van der Waals surface area contributed by atoms with Crippen LogP contribution in [-0.2, 0) is 5.41 Å². The summed E-state index contributed by atoms with van der Waals surface area (Å²) in [5.74, 6) is 0. The fraction of sp³-hybridized carbons (Fsp3) is 0.393. The van der Waals surface area contributed by atoms with Crippen molar-refractivity contribution in [1.29, 1.82) is 0 Å². The van der Waals surface area contributed by atoms with Crippen molar-refractivity contribution in [2.75, 3.05) is 37.5 Å². The summed E-state index contributed by atoms with van der Waals surface area (Å²) in [6, 6.07) is 20.5. The molecule has 0 saturated heterocycles. The highest BCUT2D eigenvalue weighted by atomic mass is 32.3. The SMILES string of the molecule is Cc1ccc2c(c1)C(C)(C)c1cc(-c3cccc(C(S(C)(C)C)S(C)(C)C)n3)ccc1-2. The van der Waals surface area contributed by atoms with Gasteiger partial charge >= 0.3 is 0 Å². The number of benzene rings is 2. The van der Waals surface area contributed by atoms with Gasteiger partial charge in [-0.25, -0.2) is 20.1 Å². The van der Waals surface area contributed by atoms with Gasteiger partial charge in [0.25, 0.3) is 0 Å². The summed E-state index contributed by atoms with van der Waals surface area (Å²) in [7, 11) is -1.54. The van der Waals surface area contributed by atoms with Crippen molar-refractivity contribution in [1.82, 2.24) is 4.98 Å². The Morgan fingerprint density at radius 2 is 1.32 bits per heavy atom. The molecule has 166 valence electrons. The summed E-state index contributed by atoms with van der Waals surface area (Å²) < 4.78 is 0.540. The Balaban J connectivity index is 1.81. The van der Waals surface area contributed by atoms with Gasteiger partial charge in [0.1, 0.15) is 0 Å². The quantitative estimate of drug-likeness (QED) is 0.395. The van der Waals surface area contributed by atoms with Gasteiger partial charge in [0.05, 0.1) is 16.0 Å². The monoisotopic (exact) mass is 451 g/mol. The van der Waals surface area contributed by atoms with E-state index in [9.17, 15) is 0 Å². The van der Waals surface area contributed by atoms with Gasteiger partial charge < -0.3 is 0 Å². The molecule has 4 rings (SSSR count). The van der Waals surface area contributed by atoms with Crippen molar-refractivity contribution in [3.8, 4) is 22.4 Å². The molecule has 2 aromatic carbocycles. The number of aryl methyl sites for hydroxylation is 1. The third-order valence-corrected chi connectivity index (χ3v) is 12.9. The lowest BCUT2D eigenvalue weighted by Crippen LogP contribution is -2.16. The van der Waals surface area contributed by atoms with Gasteiger partial charge in [-0.3, -0.25) is 4.98 Å². The molecule has 0 saturated carbocycles. The van der Waals surface area contributed by atoms with Crippen molar-refractivity contribution in [3.63, 3.8) is 0 Å². The first-order valence-electron chi connectivity index (χ1n) is 10.9. The zero-order valence-corrected chi connectivity index (χ0v) is 22.2. The first-order valence-corrected chi connectivity index (χ1v) is 16.7. The van der Waals surface area contributed by atoms with E-state index in [1.807, 2.05) is 0 Å². The summed E-state index contributed by atoms with van der Waals surface area (Å²) in [4.78, 5) is 5.25. The third-order valence-electron chi connectivity index (χ3n) is 6.42. The fourth-order valence-electron chi connectivity index (χ4n) is 5.34. The van der Waals surface area contributed by atoms with Crippen LogP contribution >= 0.6 is 20.1 Å². The maximum atomic E-state index is 5.25. The van der Waals surface area contributed by atoms with Gasteiger partial charge in [-0.05, 0) is 84.9 Å². The smallest absolute Gasteiger partial charge is 0.0706 e. The molecule has 0 N–H and O–H groups in total. The van der Waals surface area contributed by atoms with Gasteiger partial charge in [-0.1, -0.05) is 55.8 Å². The maximum Gasteiger partial charge on any atom is 0.0706 e. The second-order valence-electron chi connectivity index (χ2n) is 11.1. The summed E-state index contributed by atoms with van der Waals surface area (Å²) in [6.45, 7) is 6.89. The Labute approximate surface area is 192 Å². The molecule has 3 aromatic rings. The molecule has 0 fully saturated rings. The van der Waals surface area contributed by atoms with Crippen LogP contribution in [0.15, 0.2) is 54.6 Å². The Bertz CT molecular complexity index is 1130. The minimum Gasteiger partial charge on any atom is -0.251 e. The van der Waals surface area contributed by atoms with Crippen LogP contribution in [0.5, 0.6) is 0 Å². The lowest BCUT2D eigenvalue weighted by atomic mass is 9.81. The minimum absolute atomic E-state index is 0.0119. The molecule has 1 heterocycles. The van der Waals surface area contributed by atoms with E-state index in [0.29, 0.717) is 4.58 Å². The topological polar surface area (TPSA) is 12.9 Å². The second-order valence-corrected chi connectivity index (χ2v) is 20.0. The van der Waals surface area contributed by atoms with E-state index in [2.05, 4.69) is 113 Å². The lowest BCUT2D eigenvalue weighted by molar-refractivity contribution is 0.660. The predicted octanol–water partition coefficient (Wildman–Crippen LogP) is 7.75. The van der Waals surface area contributed by atoms with Gasteiger partial charge in [0.15, 0.2) is 0 Å².